The van der Waals surface area contributed by atoms with Crippen LogP contribution in [0.3, 0.4) is 0 Å². The van der Waals surface area contributed by atoms with Gasteiger partial charge in [-0.2, -0.15) is 0 Å². The lowest BCUT2D eigenvalue weighted by Crippen LogP contribution is -2.28. The molecule has 2 aromatic rings. The summed E-state index contributed by atoms with van der Waals surface area (Å²) in [5.74, 6) is 1.11. The molecular formula is C19H22FNO3. The first-order valence-electron chi connectivity index (χ1n) is 7.87. The summed E-state index contributed by atoms with van der Waals surface area (Å²) >= 11 is 0. The fourth-order valence-corrected chi connectivity index (χ4v) is 2.33. The van der Waals surface area contributed by atoms with E-state index in [4.69, 9.17) is 9.47 Å². The number of carbonyl (C=O) groups is 1. The van der Waals surface area contributed by atoms with Crippen molar-refractivity contribution in [1.29, 1.82) is 0 Å². The van der Waals surface area contributed by atoms with Gasteiger partial charge < -0.3 is 14.8 Å². The van der Waals surface area contributed by atoms with Crippen molar-refractivity contribution >= 4 is 5.91 Å². The Morgan fingerprint density at radius 1 is 1.17 bits per heavy atom. The molecule has 0 heterocycles. The van der Waals surface area contributed by atoms with E-state index in [1.807, 2.05) is 25.1 Å². The molecule has 0 radical (unpaired) electrons. The zero-order valence-corrected chi connectivity index (χ0v) is 14.0. The van der Waals surface area contributed by atoms with Gasteiger partial charge in [-0.3, -0.25) is 4.79 Å². The Hall–Kier alpha value is -2.56. The van der Waals surface area contributed by atoms with Crippen LogP contribution >= 0.6 is 0 Å². The Morgan fingerprint density at radius 3 is 2.58 bits per heavy atom. The van der Waals surface area contributed by atoms with Crippen LogP contribution in [0.1, 0.15) is 17.5 Å². The maximum Gasteiger partial charge on any atom is 0.220 e. The Labute approximate surface area is 141 Å². The molecule has 128 valence electrons. The summed E-state index contributed by atoms with van der Waals surface area (Å²) in [6.45, 7) is 2.74. The molecule has 1 N–H and O–H groups in total. The van der Waals surface area contributed by atoms with Crippen LogP contribution in [-0.2, 0) is 11.2 Å². The molecule has 2 aromatic carbocycles. The molecule has 0 aromatic heterocycles. The lowest BCUT2D eigenvalue weighted by Gasteiger charge is -2.09. The van der Waals surface area contributed by atoms with Crippen LogP contribution in [0.2, 0.25) is 0 Å². The van der Waals surface area contributed by atoms with Gasteiger partial charge in [-0.15, -0.1) is 0 Å². The Bertz CT molecular complexity index is 671. The van der Waals surface area contributed by atoms with Gasteiger partial charge in [-0.25, -0.2) is 4.39 Å². The minimum Gasteiger partial charge on any atom is -0.496 e. The number of hydrogen-bond acceptors (Lipinski definition) is 3. The standard InChI is InChI=1S/C19H22FNO3/c1-14-13-15(3-9-18(14)23-2)4-10-19(22)21-11-12-24-17-7-5-16(20)6-8-17/h3,5-9,13H,4,10-12H2,1-2H3,(H,21,22). The second-order valence-electron chi connectivity index (χ2n) is 5.46. The number of amides is 1. The molecule has 0 atom stereocenters. The number of rotatable bonds is 8. The van der Waals surface area contributed by atoms with E-state index < -0.39 is 0 Å². The van der Waals surface area contributed by atoms with E-state index in [9.17, 15) is 9.18 Å². The van der Waals surface area contributed by atoms with Crippen molar-refractivity contribution in [2.45, 2.75) is 19.8 Å². The number of aryl methyl sites for hydroxylation is 2. The van der Waals surface area contributed by atoms with Crippen molar-refractivity contribution in [3.8, 4) is 11.5 Å². The van der Waals surface area contributed by atoms with Gasteiger partial charge in [0.15, 0.2) is 0 Å². The highest BCUT2D eigenvalue weighted by Gasteiger charge is 2.04. The number of hydrogen-bond donors (Lipinski definition) is 1. The first kappa shape index (κ1) is 17.8. The highest BCUT2D eigenvalue weighted by atomic mass is 19.1. The molecule has 0 unspecified atom stereocenters. The SMILES string of the molecule is COc1ccc(CCC(=O)NCCOc2ccc(F)cc2)cc1C. The van der Waals surface area contributed by atoms with Gasteiger partial charge >= 0.3 is 0 Å². The summed E-state index contributed by atoms with van der Waals surface area (Å²) in [5.41, 5.74) is 2.16. The molecule has 0 saturated carbocycles. The van der Waals surface area contributed by atoms with E-state index in [0.717, 1.165) is 16.9 Å². The van der Waals surface area contributed by atoms with E-state index in [1.54, 1.807) is 19.2 Å². The van der Waals surface area contributed by atoms with E-state index in [-0.39, 0.29) is 11.7 Å². The molecular weight excluding hydrogens is 309 g/mol. The summed E-state index contributed by atoms with van der Waals surface area (Å²) in [7, 11) is 1.64. The van der Waals surface area contributed by atoms with Gasteiger partial charge in [0.1, 0.15) is 23.9 Å². The largest absolute Gasteiger partial charge is 0.496 e. The topological polar surface area (TPSA) is 47.6 Å². The predicted octanol–water partition coefficient (Wildman–Crippen LogP) is 3.27. The highest BCUT2D eigenvalue weighted by molar-refractivity contribution is 5.76. The second kappa shape index (κ2) is 8.91. The third-order valence-electron chi connectivity index (χ3n) is 3.61. The molecule has 0 aliphatic carbocycles. The quantitative estimate of drug-likeness (QED) is 0.755. The van der Waals surface area contributed by atoms with Gasteiger partial charge in [0.25, 0.3) is 0 Å². The zero-order valence-electron chi connectivity index (χ0n) is 14.0. The van der Waals surface area contributed by atoms with Crippen LogP contribution in [0.25, 0.3) is 0 Å². The van der Waals surface area contributed by atoms with Crippen LogP contribution in [0, 0.1) is 12.7 Å². The monoisotopic (exact) mass is 331 g/mol. The van der Waals surface area contributed by atoms with Crippen molar-refractivity contribution in [3.05, 3.63) is 59.4 Å². The Kier molecular flexibility index (Phi) is 6.61. The summed E-state index contributed by atoms with van der Waals surface area (Å²) < 4.78 is 23.4. The molecule has 2 rings (SSSR count). The van der Waals surface area contributed by atoms with Gasteiger partial charge in [0.2, 0.25) is 5.91 Å². The Morgan fingerprint density at radius 2 is 1.92 bits per heavy atom. The third-order valence-corrected chi connectivity index (χ3v) is 3.61. The van der Waals surface area contributed by atoms with Gasteiger partial charge in [0.05, 0.1) is 13.7 Å². The summed E-state index contributed by atoms with van der Waals surface area (Å²) in [6, 6.07) is 11.7. The first-order chi connectivity index (χ1) is 11.6. The van der Waals surface area contributed by atoms with Crippen LogP contribution in [0.5, 0.6) is 11.5 Å². The fraction of sp³-hybridized carbons (Fsp3) is 0.316. The van der Waals surface area contributed by atoms with Gasteiger partial charge in [-0.05, 0) is 54.8 Å². The predicted molar refractivity (Wildman–Crippen MR) is 91.0 cm³/mol. The lowest BCUT2D eigenvalue weighted by molar-refractivity contribution is -0.121. The van der Waals surface area contributed by atoms with Crippen molar-refractivity contribution < 1.29 is 18.7 Å². The first-order valence-corrected chi connectivity index (χ1v) is 7.87. The van der Waals surface area contributed by atoms with Crippen molar-refractivity contribution in [2.75, 3.05) is 20.3 Å². The minimum absolute atomic E-state index is 0.0221. The van der Waals surface area contributed by atoms with Crippen LogP contribution < -0.4 is 14.8 Å². The molecule has 0 aliphatic heterocycles. The molecule has 0 saturated heterocycles. The van der Waals surface area contributed by atoms with Crippen molar-refractivity contribution in [2.24, 2.45) is 0 Å². The minimum atomic E-state index is -0.301. The maximum absolute atomic E-state index is 12.8. The zero-order chi connectivity index (χ0) is 17.4. The molecule has 0 spiro atoms. The van der Waals surface area contributed by atoms with Crippen LogP contribution in [0.4, 0.5) is 4.39 Å². The van der Waals surface area contributed by atoms with E-state index >= 15 is 0 Å². The number of nitrogens with one attached hydrogen (secondary N) is 1. The number of carbonyl (C=O) groups excluding carboxylic acids is 1. The number of halogens is 1. The van der Waals surface area contributed by atoms with E-state index in [0.29, 0.717) is 31.7 Å². The molecule has 5 heteroatoms. The van der Waals surface area contributed by atoms with Crippen LogP contribution in [0.15, 0.2) is 42.5 Å². The molecule has 0 bridgehead atoms. The maximum atomic E-state index is 12.8. The number of methoxy groups -OCH3 is 1. The van der Waals surface area contributed by atoms with E-state index in [1.165, 1.54) is 12.1 Å². The van der Waals surface area contributed by atoms with Gasteiger partial charge in [0, 0.05) is 6.42 Å². The summed E-state index contributed by atoms with van der Waals surface area (Å²) in [6.07, 6.45) is 1.10. The van der Waals surface area contributed by atoms with E-state index in [2.05, 4.69) is 5.32 Å². The number of ether oxygens (including phenoxy) is 2. The highest BCUT2D eigenvalue weighted by Crippen LogP contribution is 2.19. The second-order valence-corrected chi connectivity index (χ2v) is 5.46. The summed E-state index contributed by atoms with van der Waals surface area (Å²) in [4.78, 5) is 11.8. The number of benzene rings is 2. The Balaban J connectivity index is 1.66. The van der Waals surface area contributed by atoms with Crippen LogP contribution in [-0.4, -0.2) is 26.2 Å². The fourth-order valence-electron chi connectivity index (χ4n) is 2.33. The summed E-state index contributed by atoms with van der Waals surface area (Å²) in [5, 5.41) is 2.81. The molecule has 4 nitrogen and oxygen atoms in total. The molecule has 0 fully saturated rings. The molecule has 1 amide bonds. The van der Waals surface area contributed by atoms with Crippen molar-refractivity contribution in [3.63, 3.8) is 0 Å². The van der Waals surface area contributed by atoms with Crippen molar-refractivity contribution in [1.82, 2.24) is 5.32 Å². The molecule has 24 heavy (non-hydrogen) atoms. The normalized spacial score (nSPS) is 10.3. The average Bonchev–Trinajstić information content (AvgIpc) is 2.58. The third kappa shape index (κ3) is 5.57. The van der Waals surface area contributed by atoms with Gasteiger partial charge in [-0.1, -0.05) is 12.1 Å². The lowest BCUT2D eigenvalue weighted by atomic mass is 10.1. The smallest absolute Gasteiger partial charge is 0.220 e. The molecule has 0 aliphatic rings. The average molecular weight is 331 g/mol.